The highest BCUT2D eigenvalue weighted by atomic mass is 16.3. The van der Waals surface area contributed by atoms with Gasteiger partial charge in [-0.2, -0.15) is 5.10 Å². The van der Waals surface area contributed by atoms with Crippen LogP contribution >= 0.6 is 0 Å². The average Bonchev–Trinajstić information content (AvgIpc) is 2.77. The molecule has 0 saturated carbocycles. The molecule has 1 heterocycles. The molecule has 1 N–H and O–H groups in total. The van der Waals surface area contributed by atoms with E-state index in [-0.39, 0.29) is 6.61 Å². The van der Waals surface area contributed by atoms with Crippen molar-refractivity contribution < 1.29 is 5.11 Å². The van der Waals surface area contributed by atoms with Gasteiger partial charge < -0.3 is 10.0 Å². The molecule has 0 aliphatic rings. The molecular formula is C14H19N5O. The number of aromatic nitrogens is 3. The van der Waals surface area contributed by atoms with Gasteiger partial charge in [0.25, 0.3) is 0 Å². The van der Waals surface area contributed by atoms with Gasteiger partial charge in [0, 0.05) is 19.3 Å². The van der Waals surface area contributed by atoms with Crippen molar-refractivity contribution in [2.75, 3.05) is 25.1 Å². The van der Waals surface area contributed by atoms with E-state index in [1.165, 1.54) is 0 Å². The molecule has 2 rings (SSSR count). The minimum absolute atomic E-state index is 0.145. The molecule has 0 saturated heterocycles. The van der Waals surface area contributed by atoms with Crippen LogP contribution in [0.15, 0.2) is 29.4 Å². The first-order chi connectivity index (χ1) is 9.61. The highest BCUT2D eigenvalue weighted by Crippen LogP contribution is 2.12. The Kier molecular flexibility index (Phi) is 4.47. The quantitative estimate of drug-likeness (QED) is 0.831. The molecule has 0 aliphatic carbocycles. The first-order valence-electron chi connectivity index (χ1n) is 6.47. The van der Waals surface area contributed by atoms with Gasteiger partial charge in [0.05, 0.1) is 12.8 Å². The molecule has 1 aromatic heterocycles. The van der Waals surface area contributed by atoms with Crippen molar-refractivity contribution in [1.29, 1.82) is 0 Å². The van der Waals surface area contributed by atoms with Crippen LogP contribution in [0.25, 0.3) is 0 Å². The maximum absolute atomic E-state index is 8.92. The smallest absolute Gasteiger partial charge is 0.151 e. The molecule has 0 unspecified atom stereocenters. The van der Waals surface area contributed by atoms with E-state index < -0.39 is 0 Å². The van der Waals surface area contributed by atoms with Crippen molar-refractivity contribution >= 4 is 11.9 Å². The lowest BCUT2D eigenvalue weighted by atomic mass is 10.2. The Labute approximate surface area is 118 Å². The summed E-state index contributed by atoms with van der Waals surface area (Å²) >= 11 is 0. The lowest BCUT2D eigenvalue weighted by Crippen LogP contribution is -2.20. The number of aryl methyl sites for hydroxylation is 2. The van der Waals surface area contributed by atoms with Crippen LogP contribution in [0, 0.1) is 13.8 Å². The van der Waals surface area contributed by atoms with Crippen LogP contribution in [0.4, 0.5) is 5.69 Å². The Morgan fingerprint density at radius 2 is 1.80 bits per heavy atom. The van der Waals surface area contributed by atoms with E-state index >= 15 is 0 Å². The minimum atomic E-state index is 0.145. The van der Waals surface area contributed by atoms with E-state index in [1.54, 1.807) is 10.9 Å². The zero-order valence-electron chi connectivity index (χ0n) is 12.0. The summed E-state index contributed by atoms with van der Waals surface area (Å²) in [6.45, 7) is 4.49. The number of anilines is 1. The second-order valence-corrected chi connectivity index (χ2v) is 4.59. The first kappa shape index (κ1) is 14.2. The second kappa shape index (κ2) is 6.29. The minimum Gasteiger partial charge on any atom is -0.395 e. The number of aliphatic hydroxyl groups is 1. The van der Waals surface area contributed by atoms with Crippen molar-refractivity contribution in [3.63, 3.8) is 0 Å². The summed E-state index contributed by atoms with van der Waals surface area (Å²) in [6.07, 6.45) is 1.78. The molecule has 0 radical (unpaired) electrons. The third-order valence-corrected chi connectivity index (χ3v) is 3.04. The van der Waals surface area contributed by atoms with Crippen molar-refractivity contribution in [2.24, 2.45) is 5.10 Å². The summed E-state index contributed by atoms with van der Waals surface area (Å²) in [5, 5.41) is 21.2. The molecule has 0 amide bonds. The van der Waals surface area contributed by atoms with Gasteiger partial charge in [-0.25, -0.2) is 4.68 Å². The predicted octanol–water partition coefficient (Wildman–Crippen LogP) is 1.21. The molecule has 6 heteroatoms. The molecule has 0 spiro atoms. The molecule has 106 valence electrons. The summed E-state index contributed by atoms with van der Waals surface area (Å²) in [7, 11) is 1.95. The topological polar surface area (TPSA) is 66.5 Å². The van der Waals surface area contributed by atoms with Crippen LogP contribution in [0.3, 0.4) is 0 Å². The lowest BCUT2D eigenvalue weighted by molar-refractivity contribution is 0.304. The van der Waals surface area contributed by atoms with Crippen LogP contribution in [-0.2, 0) is 0 Å². The van der Waals surface area contributed by atoms with Gasteiger partial charge in [-0.05, 0) is 31.5 Å². The van der Waals surface area contributed by atoms with Gasteiger partial charge in [-0.1, -0.05) is 12.1 Å². The first-order valence-corrected chi connectivity index (χ1v) is 6.47. The fraction of sp³-hybridized carbons (Fsp3) is 0.357. The second-order valence-electron chi connectivity index (χ2n) is 4.59. The Balaban J connectivity index is 2.11. The van der Waals surface area contributed by atoms with E-state index in [0.717, 1.165) is 22.9 Å². The molecular weight excluding hydrogens is 254 g/mol. The van der Waals surface area contributed by atoms with Gasteiger partial charge in [-0.15, -0.1) is 10.2 Å². The van der Waals surface area contributed by atoms with Gasteiger partial charge in [0.15, 0.2) is 11.6 Å². The summed E-state index contributed by atoms with van der Waals surface area (Å²) in [6, 6.07) is 7.98. The zero-order chi connectivity index (χ0) is 14.5. The van der Waals surface area contributed by atoms with Crippen LogP contribution in [0.2, 0.25) is 0 Å². The van der Waals surface area contributed by atoms with E-state index in [1.807, 2.05) is 50.1 Å². The number of hydrogen-bond donors (Lipinski definition) is 1. The van der Waals surface area contributed by atoms with Crippen molar-refractivity contribution in [2.45, 2.75) is 13.8 Å². The largest absolute Gasteiger partial charge is 0.395 e. The van der Waals surface area contributed by atoms with E-state index in [9.17, 15) is 0 Å². The van der Waals surface area contributed by atoms with Gasteiger partial charge >= 0.3 is 0 Å². The summed E-state index contributed by atoms with van der Waals surface area (Å²) < 4.78 is 1.70. The molecule has 2 aromatic rings. The molecule has 0 fully saturated rings. The Hall–Kier alpha value is -2.21. The van der Waals surface area contributed by atoms with E-state index in [2.05, 4.69) is 15.3 Å². The zero-order valence-corrected chi connectivity index (χ0v) is 12.0. The Morgan fingerprint density at radius 3 is 2.35 bits per heavy atom. The van der Waals surface area contributed by atoms with Crippen LogP contribution in [0.1, 0.15) is 17.2 Å². The number of nitrogens with zero attached hydrogens (tertiary/aromatic N) is 5. The van der Waals surface area contributed by atoms with E-state index in [4.69, 9.17) is 5.11 Å². The normalized spacial score (nSPS) is 11.2. The molecule has 0 aliphatic heterocycles. The fourth-order valence-corrected chi connectivity index (χ4v) is 1.85. The van der Waals surface area contributed by atoms with Crippen molar-refractivity contribution in [3.05, 3.63) is 41.5 Å². The highest BCUT2D eigenvalue weighted by Gasteiger charge is 2.02. The fourth-order valence-electron chi connectivity index (χ4n) is 1.85. The maximum atomic E-state index is 8.92. The lowest BCUT2D eigenvalue weighted by Gasteiger charge is -2.17. The number of likely N-dealkylation sites (N-methyl/N-ethyl adjacent to an activating group) is 1. The van der Waals surface area contributed by atoms with Gasteiger partial charge in [0.1, 0.15) is 0 Å². The average molecular weight is 273 g/mol. The molecule has 20 heavy (non-hydrogen) atoms. The molecule has 0 bridgehead atoms. The Bertz CT molecular complexity index is 569. The van der Waals surface area contributed by atoms with Crippen molar-refractivity contribution in [1.82, 2.24) is 14.9 Å². The van der Waals surface area contributed by atoms with Gasteiger partial charge in [-0.3, -0.25) is 0 Å². The third-order valence-electron chi connectivity index (χ3n) is 3.04. The molecule has 6 nitrogen and oxygen atoms in total. The Morgan fingerprint density at radius 1 is 1.20 bits per heavy atom. The predicted molar refractivity (Wildman–Crippen MR) is 79.3 cm³/mol. The monoisotopic (exact) mass is 273 g/mol. The van der Waals surface area contributed by atoms with Gasteiger partial charge in [0.2, 0.25) is 0 Å². The molecule has 1 aromatic carbocycles. The summed E-state index contributed by atoms with van der Waals surface area (Å²) in [4.78, 5) is 2.00. The summed E-state index contributed by atoms with van der Waals surface area (Å²) in [5.74, 6) is 1.52. The molecule has 0 atom stereocenters. The maximum Gasteiger partial charge on any atom is 0.151 e. The van der Waals surface area contributed by atoms with Crippen LogP contribution in [0.5, 0.6) is 0 Å². The number of aliphatic hydroxyl groups excluding tert-OH is 1. The highest BCUT2D eigenvalue weighted by molar-refractivity contribution is 5.80. The number of hydrogen-bond acceptors (Lipinski definition) is 5. The van der Waals surface area contributed by atoms with E-state index in [0.29, 0.717) is 6.54 Å². The van der Waals surface area contributed by atoms with Crippen molar-refractivity contribution in [3.8, 4) is 0 Å². The number of rotatable bonds is 5. The van der Waals surface area contributed by atoms with Crippen LogP contribution in [-0.4, -0.2) is 46.4 Å². The SMILES string of the molecule is Cc1nnc(C)n1/N=C\c1ccc(N(C)CCO)cc1. The summed E-state index contributed by atoms with van der Waals surface area (Å²) in [5.41, 5.74) is 2.06. The number of benzene rings is 1. The third kappa shape index (κ3) is 3.21. The van der Waals surface area contributed by atoms with Crippen LogP contribution < -0.4 is 4.90 Å². The standard InChI is InChI=1S/C14H19N5O/c1-11-16-17-12(2)19(11)15-10-13-4-6-14(7-5-13)18(3)8-9-20/h4-7,10,20H,8-9H2,1-3H3/b15-10-.